The number of carbonyl (C=O) groups is 3. The Labute approximate surface area is 215 Å². The van der Waals surface area contributed by atoms with Crippen molar-refractivity contribution in [3.05, 3.63) is 99.9 Å². The second-order valence-electron chi connectivity index (χ2n) is 9.01. The Morgan fingerprint density at radius 3 is 2.44 bits per heavy atom. The number of benzene rings is 3. The fourth-order valence-corrected chi connectivity index (χ4v) is 6.26. The molecule has 0 spiro atoms. The predicted molar refractivity (Wildman–Crippen MR) is 135 cm³/mol. The molecule has 36 heavy (non-hydrogen) atoms. The number of anilines is 1. The van der Waals surface area contributed by atoms with Crippen molar-refractivity contribution in [1.82, 2.24) is 4.90 Å². The maximum Gasteiger partial charge on any atom is 0.240 e. The molecule has 3 aromatic carbocycles. The SMILES string of the molecule is COc1ccc(C(=O)[C@@H]2[C@@H]3C(=O)N(c4ccccc4F)C(=O)[C@@H]3[C@@H]3c4ccccc4C=CN23)cc1Br. The number of ketones is 1. The topological polar surface area (TPSA) is 66.9 Å². The minimum absolute atomic E-state index is 0.0912. The number of methoxy groups -OCH3 is 1. The molecule has 0 saturated carbocycles. The van der Waals surface area contributed by atoms with Gasteiger partial charge in [0.25, 0.3) is 0 Å². The van der Waals surface area contributed by atoms with Crippen LogP contribution in [0.15, 0.2) is 77.4 Å². The molecule has 6 rings (SSSR count). The Balaban J connectivity index is 1.50. The van der Waals surface area contributed by atoms with Crippen LogP contribution in [-0.4, -0.2) is 35.6 Å². The van der Waals surface area contributed by atoms with E-state index in [1.165, 1.54) is 25.3 Å². The highest BCUT2D eigenvalue weighted by molar-refractivity contribution is 9.10. The summed E-state index contributed by atoms with van der Waals surface area (Å²) in [5, 5.41) is 0. The Morgan fingerprint density at radius 2 is 1.69 bits per heavy atom. The van der Waals surface area contributed by atoms with Gasteiger partial charge in [0.15, 0.2) is 5.78 Å². The minimum atomic E-state index is -0.966. The van der Waals surface area contributed by atoms with Gasteiger partial charge in [0.1, 0.15) is 17.6 Å². The van der Waals surface area contributed by atoms with Crippen LogP contribution in [0.25, 0.3) is 6.08 Å². The highest BCUT2D eigenvalue weighted by Gasteiger charge is 2.64. The second-order valence-corrected chi connectivity index (χ2v) is 9.86. The fraction of sp³-hybridized carbons (Fsp3) is 0.179. The number of fused-ring (bicyclic) bond motifs is 5. The smallest absolute Gasteiger partial charge is 0.240 e. The van der Waals surface area contributed by atoms with E-state index in [1.54, 1.807) is 30.5 Å². The number of hydrogen-bond acceptors (Lipinski definition) is 5. The van der Waals surface area contributed by atoms with Crippen molar-refractivity contribution in [3.63, 3.8) is 0 Å². The molecule has 0 radical (unpaired) electrons. The van der Waals surface area contributed by atoms with Crippen LogP contribution in [0.3, 0.4) is 0 Å². The Kier molecular flexibility index (Phi) is 5.30. The number of rotatable bonds is 4. The molecular formula is C28H20BrFN2O4. The lowest BCUT2D eigenvalue weighted by molar-refractivity contribution is -0.123. The molecule has 8 heteroatoms. The van der Waals surface area contributed by atoms with E-state index in [1.807, 2.05) is 35.2 Å². The normalized spacial score (nSPS) is 24.0. The summed E-state index contributed by atoms with van der Waals surface area (Å²) in [6, 6.07) is 16.8. The molecule has 4 atom stereocenters. The van der Waals surface area contributed by atoms with Gasteiger partial charge in [0, 0.05) is 11.8 Å². The van der Waals surface area contributed by atoms with Crippen LogP contribution in [-0.2, 0) is 9.59 Å². The third-order valence-electron chi connectivity index (χ3n) is 7.26. The summed E-state index contributed by atoms with van der Waals surface area (Å²) in [4.78, 5) is 44.4. The quantitative estimate of drug-likeness (QED) is 0.340. The largest absolute Gasteiger partial charge is 0.496 e. The molecule has 3 aliphatic heterocycles. The zero-order valence-corrected chi connectivity index (χ0v) is 20.7. The summed E-state index contributed by atoms with van der Waals surface area (Å²) < 4.78 is 20.6. The van der Waals surface area contributed by atoms with Crippen molar-refractivity contribution >= 4 is 45.3 Å². The molecule has 2 saturated heterocycles. The molecule has 2 fully saturated rings. The number of para-hydroxylation sites is 1. The molecule has 0 aliphatic carbocycles. The third kappa shape index (κ3) is 3.17. The van der Waals surface area contributed by atoms with E-state index in [9.17, 15) is 18.8 Å². The molecule has 3 heterocycles. The molecule has 6 nitrogen and oxygen atoms in total. The van der Waals surface area contributed by atoms with Crippen LogP contribution >= 0.6 is 15.9 Å². The predicted octanol–water partition coefficient (Wildman–Crippen LogP) is 5.00. The third-order valence-corrected chi connectivity index (χ3v) is 7.88. The average Bonchev–Trinajstić information content (AvgIpc) is 3.36. The van der Waals surface area contributed by atoms with Crippen LogP contribution in [0, 0.1) is 17.7 Å². The van der Waals surface area contributed by atoms with Gasteiger partial charge >= 0.3 is 0 Å². The van der Waals surface area contributed by atoms with E-state index in [-0.39, 0.29) is 11.5 Å². The summed E-state index contributed by atoms with van der Waals surface area (Å²) in [5.74, 6) is -3.26. The molecule has 3 aliphatic rings. The highest BCUT2D eigenvalue weighted by Crippen LogP contribution is 2.54. The van der Waals surface area contributed by atoms with Crippen molar-refractivity contribution in [1.29, 1.82) is 0 Å². The van der Waals surface area contributed by atoms with Gasteiger partial charge in [0.2, 0.25) is 11.8 Å². The molecule has 0 aromatic heterocycles. The van der Waals surface area contributed by atoms with Gasteiger partial charge in [-0.15, -0.1) is 0 Å². The van der Waals surface area contributed by atoms with E-state index >= 15 is 0 Å². The first-order chi connectivity index (χ1) is 17.4. The first kappa shape index (κ1) is 22.7. The zero-order chi connectivity index (χ0) is 25.1. The zero-order valence-electron chi connectivity index (χ0n) is 19.1. The highest BCUT2D eigenvalue weighted by atomic mass is 79.9. The van der Waals surface area contributed by atoms with E-state index in [2.05, 4.69) is 15.9 Å². The van der Waals surface area contributed by atoms with Gasteiger partial charge in [-0.05, 0) is 63.5 Å². The van der Waals surface area contributed by atoms with Crippen molar-refractivity contribution in [2.75, 3.05) is 12.0 Å². The standard InChI is InChI=1S/C28H20BrFN2O4/c1-36-21-11-10-16(14-18(21)29)26(33)25-23-22(24-17-7-3-2-6-15(17)12-13-31(24)25)27(34)32(28(23)35)20-9-5-4-8-19(20)30/h2-14,22-25H,1H3/t22-,23+,24-,25-/m0/s1. The number of nitrogens with zero attached hydrogens (tertiary/aromatic N) is 2. The molecule has 3 aromatic rings. The molecule has 0 bridgehead atoms. The van der Waals surface area contributed by atoms with Gasteiger partial charge in [-0.3, -0.25) is 14.4 Å². The first-order valence-corrected chi connectivity index (χ1v) is 12.3. The summed E-state index contributed by atoms with van der Waals surface area (Å²) in [6.45, 7) is 0. The summed E-state index contributed by atoms with van der Waals surface area (Å²) >= 11 is 3.42. The van der Waals surface area contributed by atoms with Crippen molar-refractivity contribution < 1.29 is 23.5 Å². The second kappa shape index (κ2) is 8.41. The maximum atomic E-state index is 14.7. The lowest BCUT2D eigenvalue weighted by Crippen LogP contribution is -2.44. The lowest BCUT2D eigenvalue weighted by Gasteiger charge is -2.35. The molecule has 0 N–H and O–H groups in total. The van der Waals surface area contributed by atoms with Gasteiger partial charge in [-0.1, -0.05) is 36.4 Å². The number of carbonyl (C=O) groups excluding carboxylic acids is 3. The van der Waals surface area contributed by atoms with E-state index in [4.69, 9.17) is 4.74 Å². The van der Waals surface area contributed by atoms with Gasteiger partial charge in [0.05, 0.1) is 35.1 Å². The minimum Gasteiger partial charge on any atom is -0.496 e. The van der Waals surface area contributed by atoms with Crippen LogP contribution in [0.5, 0.6) is 5.75 Å². The monoisotopic (exact) mass is 546 g/mol. The molecular weight excluding hydrogens is 527 g/mol. The molecule has 0 unspecified atom stereocenters. The van der Waals surface area contributed by atoms with Gasteiger partial charge < -0.3 is 9.64 Å². The average molecular weight is 547 g/mol. The van der Waals surface area contributed by atoms with Crippen molar-refractivity contribution in [2.45, 2.75) is 12.1 Å². The maximum absolute atomic E-state index is 14.7. The first-order valence-electron chi connectivity index (χ1n) is 11.5. The Morgan fingerprint density at radius 1 is 0.972 bits per heavy atom. The fourth-order valence-electron chi connectivity index (χ4n) is 5.72. The van der Waals surface area contributed by atoms with Crippen LogP contribution < -0.4 is 9.64 Å². The number of imide groups is 1. The van der Waals surface area contributed by atoms with E-state index in [0.29, 0.717) is 15.8 Å². The van der Waals surface area contributed by atoms with Gasteiger partial charge in [-0.25, -0.2) is 9.29 Å². The summed E-state index contributed by atoms with van der Waals surface area (Å²) in [5.41, 5.74) is 2.07. The van der Waals surface area contributed by atoms with Crippen LogP contribution in [0.4, 0.5) is 10.1 Å². The van der Waals surface area contributed by atoms with E-state index in [0.717, 1.165) is 16.0 Å². The molecule has 2 amide bonds. The van der Waals surface area contributed by atoms with Crippen molar-refractivity contribution in [2.24, 2.45) is 11.8 Å². The van der Waals surface area contributed by atoms with Crippen molar-refractivity contribution in [3.8, 4) is 5.75 Å². The van der Waals surface area contributed by atoms with Crippen LogP contribution in [0.2, 0.25) is 0 Å². The van der Waals surface area contributed by atoms with Gasteiger partial charge in [-0.2, -0.15) is 0 Å². The summed E-state index contributed by atoms with van der Waals surface area (Å²) in [7, 11) is 1.53. The number of halogens is 2. The van der Waals surface area contributed by atoms with Crippen LogP contribution in [0.1, 0.15) is 27.5 Å². The number of amides is 2. The Hall–Kier alpha value is -3.78. The summed E-state index contributed by atoms with van der Waals surface area (Å²) in [6.07, 6.45) is 3.68. The Bertz CT molecular complexity index is 1470. The van der Waals surface area contributed by atoms with E-state index < -0.39 is 41.6 Å². The molecule has 180 valence electrons. The number of ether oxygens (including phenoxy) is 1. The lowest BCUT2D eigenvalue weighted by atomic mass is 9.83. The number of Topliss-reactive ketones (excluding diaryl/α,β-unsaturated/α-hetero) is 1. The number of hydrogen-bond donors (Lipinski definition) is 0.